The van der Waals surface area contributed by atoms with E-state index in [1.54, 1.807) is 0 Å². The van der Waals surface area contributed by atoms with E-state index in [0.717, 1.165) is 90.1 Å². The van der Waals surface area contributed by atoms with Crippen LogP contribution in [0.15, 0.2) is 0 Å². The Bertz CT molecular complexity index is 1040. The van der Waals surface area contributed by atoms with Gasteiger partial charge in [0.05, 0.1) is 0 Å². The SMILES string of the molecule is CCCCCCCCCCCCCCCCCCNC(=O)CCCCCCCCCCCNC(=O)NC(=O)NCCCCCCCCCCCC(=O)NCCCCCCCCCCCCCCCCCC. The topological polar surface area (TPSA) is 128 Å². The second-order valence-corrected chi connectivity index (χ2v) is 21.8. The summed E-state index contributed by atoms with van der Waals surface area (Å²) in [5.41, 5.74) is 0. The molecule has 0 saturated heterocycles. The maximum atomic E-state index is 12.2. The van der Waals surface area contributed by atoms with Crippen LogP contribution < -0.4 is 26.6 Å². The average molecular weight is 1000 g/mol. The van der Waals surface area contributed by atoms with Crippen LogP contribution in [0.5, 0.6) is 0 Å². The van der Waals surface area contributed by atoms with E-state index in [-0.39, 0.29) is 11.8 Å². The van der Waals surface area contributed by atoms with Crippen molar-refractivity contribution in [2.45, 2.75) is 348 Å². The minimum Gasteiger partial charge on any atom is -0.356 e. The number of imide groups is 1. The zero-order valence-electron chi connectivity index (χ0n) is 47.7. The Hall–Kier alpha value is -2.32. The van der Waals surface area contributed by atoms with Gasteiger partial charge in [-0.1, -0.05) is 296 Å². The number of amides is 6. The maximum Gasteiger partial charge on any atom is 0.322 e. The lowest BCUT2D eigenvalue weighted by Crippen LogP contribution is -2.45. The molecular weight excluding hydrogens is 879 g/mol. The van der Waals surface area contributed by atoms with Crippen LogP contribution in [0.25, 0.3) is 0 Å². The van der Waals surface area contributed by atoms with E-state index >= 15 is 0 Å². The Balaban J connectivity index is 3.33. The van der Waals surface area contributed by atoms with Crippen molar-refractivity contribution in [1.29, 1.82) is 0 Å². The molecule has 9 heteroatoms. The Morgan fingerprint density at radius 3 is 0.592 bits per heavy atom. The van der Waals surface area contributed by atoms with Crippen molar-refractivity contribution in [2.24, 2.45) is 0 Å². The molecule has 0 aromatic rings. The summed E-state index contributed by atoms with van der Waals surface area (Å²) >= 11 is 0. The lowest BCUT2D eigenvalue weighted by atomic mass is 10.0. The monoisotopic (exact) mass is 1000 g/mol. The summed E-state index contributed by atoms with van der Waals surface area (Å²) in [6.45, 7) is 7.40. The van der Waals surface area contributed by atoms with E-state index < -0.39 is 12.1 Å². The molecule has 0 radical (unpaired) electrons. The number of urea groups is 2. The number of hydrogen-bond donors (Lipinski definition) is 5. The van der Waals surface area contributed by atoms with Gasteiger partial charge in [0.25, 0.3) is 0 Å². The first-order valence-corrected chi connectivity index (χ1v) is 31.9. The molecule has 0 bridgehead atoms. The van der Waals surface area contributed by atoms with E-state index in [4.69, 9.17) is 0 Å². The molecule has 0 spiro atoms. The zero-order valence-corrected chi connectivity index (χ0v) is 47.7. The van der Waals surface area contributed by atoms with Gasteiger partial charge in [0.15, 0.2) is 0 Å². The van der Waals surface area contributed by atoms with Crippen molar-refractivity contribution in [3.63, 3.8) is 0 Å². The molecule has 0 rings (SSSR count). The molecule has 0 saturated carbocycles. The second-order valence-electron chi connectivity index (χ2n) is 21.8. The minimum absolute atomic E-state index is 0.221. The first kappa shape index (κ1) is 68.7. The van der Waals surface area contributed by atoms with Crippen LogP contribution in [0.4, 0.5) is 9.59 Å². The van der Waals surface area contributed by atoms with Gasteiger partial charge in [-0.05, 0) is 38.5 Å². The van der Waals surface area contributed by atoms with Gasteiger partial charge in [0.2, 0.25) is 11.8 Å². The number of carbonyl (C=O) groups is 4. The predicted octanol–water partition coefficient (Wildman–Crippen LogP) is 18.6. The van der Waals surface area contributed by atoms with Gasteiger partial charge in [0.1, 0.15) is 0 Å². The number of carbonyl (C=O) groups excluding carboxylic acids is 4. The number of nitrogens with one attached hydrogen (secondary N) is 5. The Labute approximate surface area is 441 Å². The summed E-state index contributed by atoms with van der Waals surface area (Å²) < 4.78 is 0. The van der Waals surface area contributed by atoms with Gasteiger partial charge < -0.3 is 21.3 Å². The molecular formula is C62H123N5O4. The molecule has 9 nitrogen and oxygen atoms in total. The molecule has 5 N–H and O–H groups in total. The molecule has 0 unspecified atom stereocenters. The van der Waals surface area contributed by atoms with Gasteiger partial charge in [-0.3, -0.25) is 14.9 Å². The number of hydrogen-bond acceptors (Lipinski definition) is 4. The lowest BCUT2D eigenvalue weighted by Gasteiger charge is -2.08. The fourth-order valence-corrected chi connectivity index (χ4v) is 9.87. The molecule has 0 fully saturated rings. The fraction of sp³-hybridized carbons (Fsp3) is 0.935. The maximum absolute atomic E-state index is 12.2. The van der Waals surface area contributed by atoms with Crippen LogP contribution in [-0.2, 0) is 9.59 Å². The quantitative estimate of drug-likeness (QED) is 0.0389. The van der Waals surface area contributed by atoms with Gasteiger partial charge in [0, 0.05) is 39.0 Å². The summed E-state index contributed by atoms with van der Waals surface area (Å²) in [5, 5.41) is 14.2. The van der Waals surface area contributed by atoms with Crippen molar-refractivity contribution in [3.8, 4) is 0 Å². The van der Waals surface area contributed by atoms with Gasteiger partial charge in [-0.15, -0.1) is 0 Å². The van der Waals surface area contributed by atoms with E-state index in [1.165, 1.54) is 244 Å². The Kier molecular flexibility index (Phi) is 58.3. The lowest BCUT2D eigenvalue weighted by molar-refractivity contribution is -0.122. The average Bonchev–Trinajstić information content (AvgIpc) is 3.36. The first-order chi connectivity index (χ1) is 35.0. The van der Waals surface area contributed by atoms with Crippen molar-refractivity contribution in [1.82, 2.24) is 26.6 Å². The summed E-state index contributed by atoms with van der Waals surface area (Å²) in [4.78, 5) is 48.5. The van der Waals surface area contributed by atoms with Crippen molar-refractivity contribution in [3.05, 3.63) is 0 Å². The Morgan fingerprint density at radius 1 is 0.211 bits per heavy atom. The third-order valence-electron chi connectivity index (χ3n) is 14.7. The highest BCUT2D eigenvalue weighted by Crippen LogP contribution is 2.17. The summed E-state index contributed by atoms with van der Waals surface area (Å²) in [5.74, 6) is 0.441. The molecule has 0 atom stereocenters. The Morgan fingerprint density at radius 2 is 0.380 bits per heavy atom. The molecule has 420 valence electrons. The van der Waals surface area contributed by atoms with E-state index in [9.17, 15) is 19.2 Å². The predicted molar refractivity (Wildman–Crippen MR) is 307 cm³/mol. The summed E-state index contributed by atoms with van der Waals surface area (Å²) in [6, 6.07) is -0.856. The van der Waals surface area contributed by atoms with Gasteiger partial charge in [-0.25, -0.2) is 9.59 Å². The third kappa shape index (κ3) is 60.1. The molecule has 0 aromatic heterocycles. The van der Waals surface area contributed by atoms with Crippen LogP contribution in [-0.4, -0.2) is 50.1 Å². The summed E-state index contributed by atoms with van der Waals surface area (Å²) in [6.07, 6.45) is 65.4. The van der Waals surface area contributed by atoms with Crippen LogP contribution in [0.2, 0.25) is 0 Å². The minimum atomic E-state index is -0.428. The highest BCUT2D eigenvalue weighted by atomic mass is 16.2. The van der Waals surface area contributed by atoms with E-state index in [2.05, 4.69) is 40.4 Å². The molecule has 6 amide bonds. The first-order valence-electron chi connectivity index (χ1n) is 31.9. The van der Waals surface area contributed by atoms with Crippen molar-refractivity contribution in [2.75, 3.05) is 26.2 Å². The fourth-order valence-electron chi connectivity index (χ4n) is 9.87. The molecule has 0 aliphatic rings. The molecule has 0 aromatic carbocycles. The highest BCUT2D eigenvalue weighted by molar-refractivity contribution is 5.93. The van der Waals surface area contributed by atoms with E-state index in [1.807, 2.05) is 0 Å². The standard InChI is InChI=1S/C62H123N5O4/c1-3-5-7-9-11-13-15-17-19-21-23-25-31-37-43-49-55-63-59(68)53-47-41-35-29-27-33-39-45-51-57-65-61(70)67-62(71)66-58-52-46-40-34-28-30-36-42-48-54-60(69)64-56-50-44-38-32-26-24-22-20-18-16-14-12-10-8-6-4-2/h3-58H2,1-2H3,(H,63,68)(H,64,69)(H3,65,66,67,70,71). The third-order valence-corrected chi connectivity index (χ3v) is 14.7. The van der Waals surface area contributed by atoms with Gasteiger partial charge >= 0.3 is 12.1 Å². The highest BCUT2D eigenvalue weighted by Gasteiger charge is 2.07. The van der Waals surface area contributed by atoms with Crippen molar-refractivity contribution >= 4 is 23.9 Å². The molecule has 0 heterocycles. The smallest absolute Gasteiger partial charge is 0.322 e. The number of rotatable bonds is 58. The van der Waals surface area contributed by atoms with Gasteiger partial charge in [-0.2, -0.15) is 0 Å². The van der Waals surface area contributed by atoms with Crippen LogP contribution >= 0.6 is 0 Å². The largest absolute Gasteiger partial charge is 0.356 e. The normalized spacial score (nSPS) is 11.2. The van der Waals surface area contributed by atoms with Crippen molar-refractivity contribution < 1.29 is 19.2 Å². The van der Waals surface area contributed by atoms with Crippen LogP contribution in [0, 0.1) is 0 Å². The van der Waals surface area contributed by atoms with Crippen LogP contribution in [0.1, 0.15) is 348 Å². The molecule has 0 aliphatic carbocycles. The zero-order chi connectivity index (χ0) is 51.4. The van der Waals surface area contributed by atoms with Crippen LogP contribution in [0.3, 0.4) is 0 Å². The summed E-state index contributed by atoms with van der Waals surface area (Å²) in [7, 11) is 0. The second kappa shape index (κ2) is 60.2. The number of unbranched alkanes of at least 4 members (excludes halogenated alkanes) is 46. The molecule has 71 heavy (non-hydrogen) atoms. The molecule has 0 aliphatic heterocycles. The van der Waals surface area contributed by atoms with E-state index in [0.29, 0.717) is 25.9 Å².